The fourth-order valence-electron chi connectivity index (χ4n) is 10.2. The molecule has 3 aliphatic heterocycles. The Kier molecular flexibility index (Phi) is 22.3. The number of hydrogen-bond acceptors (Lipinski definition) is 14. The zero-order valence-corrected chi connectivity index (χ0v) is 41.5. The third-order valence-corrected chi connectivity index (χ3v) is 14.6. The molecule has 4 rings (SSSR count). The summed E-state index contributed by atoms with van der Waals surface area (Å²) >= 11 is 0. The van der Waals surface area contributed by atoms with Gasteiger partial charge in [-0.05, 0) is 107 Å². The summed E-state index contributed by atoms with van der Waals surface area (Å²) in [5, 5.41) is 43.5. The summed E-state index contributed by atoms with van der Waals surface area (Å²) in [4.78, 5) is 72.0. The van der Waals surface area contributed by atoms with E-state index in [4.69, 9.17) is 23.7 Å². The molecular formula is C52H81NO14. The van der Waals surface area contributed by atoms with Gasteiger partial charge in [-0.1, -0.05) is 71.1 Å². The zero-order chi connectivity index (χ0) is 49.6. The average Bonchev–Trinajstić information content (AvgIpc) is 3.30. The number of aliphatic hydroxyl groups is 4. The lowest BCUT2D eigenvalue weighted by Gasteiger charge is -2.43. The monoisotopic (exact) mass is 944 g/mol. The maximum Gasteiger partial charge on any atom is 0.329 e. The van der Waals surface area contributed by atoms with Crippen LogP contribution in [-0.4, -0.2) is 143 Å². The van der Waals surface area contributed by atoms with E-state index in [9.17, 15) is 44.4 Å². The number of nitrogens with zero attached hydrogens (tertiary/aromatic N) is 1. The first-order valence-corrected chi connectivity index (χ1v) is 24.6. The van der Waals surface area contributed by atoms with Crippen molar-refractivity contribution in [2.45, 2.75) is 180 Å². The maximum atomic E-state index is 14.4. The van der Waals surface area contributed by atoms with Crippen LogP contribution in [0.15, 0.2) is 47.6 Å². The maximum absolute atomic E-state index is 14.4. The van der Waals surface area contributed by atoms with Gasteiger partial charge in [0.1, 0.15) is 30.1 Å². The van der Waals surface area contributed by atoms with Crippen molar-refractivity contribution in [2.75, 3.05) is 34.0 Å². The minimum atomic E-state index is -2.48. The lowest BCUT2D eigenvalue weighted by molar-refractivity contribution is -0.266. The van der Waals surface area contributed by atoms with Gasteiger partial charge in [0.15, 0.2) is 5.78 Å². The number of carbonyl (C=O) groups is 5. The number of aliphatic hydroxyl groups excluding tert-OH is 3. The molecular weight excluding hydrogens is 863 g/mol. The largest absolute Gasteiger partial charge is 0.460 e. The number of carbonyl (C=O) groups excluding carboxylic acids is 5. The molecule has 67 heavy (non-hydrogen) atoms. The van der Waals surface area contributed by atoms with Gasteiger partial charge in [-0.2, -0.15) is 0 Å². The van der Waals surface area contributed by atoms with Gasteiger partial charge in [0, 0.05) is 51.4 Å². The van der Waals surface area contributed by atoms with Gasteiger partial charge in [-0.3, -0.25) is 19.2 Å². The van der Waals surface area contributed by atoms with Crippen molar-refractivity contribution >= 4 is 29.2 Å². The van der Waals surface area contributed by atoms with E-state index in [2.05, 4.69) is 0 Å². The van der Waals surface area contributed by atoms with Crippen molar-refractivity contribution in [1.29, 1.82) is 0 Å². The first kappa shape index (κ1) is 56.2. The number of amides is 1. The molecule has 0 radical (unpaired) electrons. The number of esters is 1. The third-order valence-electron chi connectivity index (χ3n) is 14.6. The number of fused-ring (bicyclic) bond motifs is 3. The number of hydrogen-bond donors (Lipinski definition) is 4. The van der Waals surface area contributed by atoms with Crippen LogP contribution in [-0.2, 0) is 47.7 Å². The number of cyclic esters (lactones) is 1. The molecule has 3 heterocycles. The number of rotatable bonds is 8. The zero-order valence-electron chi connectivity index (χ0n) is 41.5. The summed E-state index contributed by atoms with van der Waals surface area (Å²) in [6.45, 7) is 12.4. The molecule has 1 aliphatic carbocycles. The molecule has 15 heteroatoms. The SMILES string of the molecule is CO[C@@H]1C[C@H](C[C@@H](C)[C@@H]2CC(=O)[C@H](C)/C=C(\C)[C@@H](O)[C@@H](OC)C(=O)[C@H](C)C[C@H](C)/C=C/C=C/C=C(\C)C(OCCO)C[C@@H]3CC[C@@H](C)[C@@](O)(O3)C(=O)C(=O)N3CCCC[C@H]3C(=O)O2)CC[C@H]1O. The van der Waals surface area contributed by atoms with Crippen LogP contribution >= 0.6 is 0 Å². The second-order valence-corrected chi connectivity index (χ2v) is 19.9. The van der Waals surface area contributed by atoms with E-state index in [-0.39, 0.29) is 74.4 Å². The molecule has 378 valence electrons. The topological polar surface area (TPSA) is 216 Å². The lowest BCUT2D eigenvalue weighted by Crippen LogP contribution is -2.61. The second kappa shape index (κ2) is 26.5. The predicted molar refractivity (Wildman–Crippen MR) is 251 cm³/mol. The molecule has 15 nitrogen and oxygen atoms in total. The molecule has 0 aromatic rings. The molecule has 2 saturated heterocycles. The fourth-order valence-corrected chi connectivity index (χ4v) is 10.2. The van der Waals surface area contributed by atoms with Crippen LogP contribution in [0.2, 0.25) is 0 Å². The Labute approximate surface area is 398 Å². The molecule has 0 aromatic carbocycles. The molecule has 1 amide bonds. The van der Waals surface area contributed by atoms with E-state index in [0.29, 0.717) is 63.4 Å². The number of ketones is 3. The smallest absolute Gasteiger partial charge is 0.329 e. The van der Waals surface area contributed by atoms with Crippen molar-refractivity contribution in [3.05, 3.63) is 47.6 Å². The van der Waals surface area contributed by atoms with Crippen molar-refractivity contribution in [3.63, 3.8) is 0 Å². The molecule has 4 N–H and O–H groups in total. The minimum Gasteiger partial charge on any atom is -0.460 e. The van der Waals surface area contributed by atoms with E-state index < -0.39 is 83.9 Å². The van der Waals surface area contributed by atoms with Crippen LogP contribution in [0.1, 0.15) is 126 Å². The van der Waals surface area contributed by atoms with E-state index in [1.165, 1.54) is 12.0 Å². The molecule has 0 aromatic heterocycles. The number of allylic oxidation sites excluding steroid dienone is 6. The van der Waals surface area contributed by atoms with E-state index >= 15 is 0 Å². The van der Waals surface area contributed by atoms with Crippen LogP contribution in [0.25, 0.3) is 0 Å². The Balaban J connectivity index is 1.72. The van der Waals surface area contributed by atoms with Crippen molar-refractivity contribution in [1.82, 2.24) is 4.90 Å². The van der Waals surface area contributed by atoms with Gasteiger partial charge in [0.25, 0.3) is 11.7 Å². The van der Waals surface area contributed by atoms with E-state index in [1.54, 1.807) is 40.9 Å². The predicted octanol–water partition coefficient (Wildman–Crippen LogP) is 5.54. The first-order valence-electron chi connectivity index (χ1n) is 24.6. The van der Waals surface area contributed by atoms with Crippen molar-refractivity contribution < 1.29 is 68.1 Å². The highest BCUT2D eigenvalue weighted by atomic mass is 16.6. The van der Waals surface area contributed by atoms with Gasteiger partial charge in [-0.15, -0.1) is 0 Å². The number of ether oxygens (including phenoxy) is 5. The highest BCUT2D eigenvalue weighted by Crippen LogP contribution is 2.38. The number of methoxy groups -OCH3 is 2. The molecule has 3 fully saturated rings. The van der Waals surface area contributed by atoms with Crippen LogP contribution in [0.5, 0.6) is 0 Å². The quantitative estimate of drug-likeness (QED) is 0.134. The summed E-state index contributed by atoms with van der Waals surface area (Å²) < 4.78 is 29.6. The highest BCUT2D eigenvalue weighted by Gasteiger charge is 2.53. The van der Waals surface area contributed by atoms with Gasteiger partial charge < -0.3 is 49.0 Å². The third kappa shape index (κ3) is 15.3. The molecule has 2 bridgehead atoms. The summed E-state index contributed by atoms with van der Waals surface area (Å²) in [6, 6.07) is -1.16. The second-order valence-electron chi connectivity index (χ2n) is 19.9. The minimum absolute atomic E-state index is 0.00947. The molecule has 15 atom stereocenters. The van der Waals surface area contributed by atoms with Gasteiger partial charge >= 0.3 is 5.97 Å². The Hall–Kier alpha value is -3.41. The summed E-state index contributed by atoms with van der Waals surface area (Å²) in [6.07, 6.45) is 10.4. The Morgan fingerprint density at radius 1 is 0.881 bits per heavy atom. The van der Waals surface area contributed by atoms with E-state index in [0.717, 1.165) is 5.57 Å². The highest BCUT2D eigenvalue weighted by molar-refractivity contribution is 6.39. The fraction of sp³-hybridized carbons (Fsp3) is 0.750. The van der Waals surface area contributed by atoms with Crippen LogP contribution in [0.4, 0.5) is 0 Å². The molecule has 1 unspecified atom stereocenters. The molecule has 4 aliphatic rings. The molecule has 1 saturated carbocycles. The van der Waals surface area contributed by atoms with Crippen LogP contribution in [0, 0.1) is 35.5 Å². The Morgan fingerprint density at radius 3 is 2.30 bits per heavy atom. The standard InChI is InChI=1S/C52H81NO14/c1-31-15-11-10-12-16-32(2)43(65-24-23-54)29-39-20-18-37(7)52(62,67-39)49(59)50(60)53-22-14-13-17-40(53)51(61)66-44(34(4)27-38-19-21-41(55)45(28-38)63-8)30-42(56)33(3)26-36(6)47(58)48(64-9)46(57)35(5)25-31/h10-12,15-16,26,31,33-35,37-41,43-45,47-48,54-55,58,62H,13-14,17-25,27-30H2,1-9H3/b12-10+,15-11+,32-16+,36-26+/t31-,33-,34-,35-,37-,38+,39+,40+,41-,43?,44+,45-,47-,48+,52-/m1/s1. The van der Waals surface area contributed by atoms with Crippen LogP contribution < -0.4 is 0 Å². The Bertz CT molecular complexity index is 1790. The van der Waals surface area contributed by atoms with Crippen LogP contribution in [0.3, 0.4) is 0 Å². The van der Waals surface area contributed by atoms with Gasteiger partial charge in [-0.25, -0.2) is 4.79 Å². The normalized spacial score (nSPS) is 39.6. The summed E-state index contributed by atoms with van der Waals surface area (Å²) in [5.74, 6) is -8.25. The first-order chi connectivity index (χ1) is 31.7. The lowest BCUT2D eigenvalue weighted by atomic mass is 9.78. The summed E-state index contributed by atoms with van der Waals surface area (Å²) in [5.41, 5.74) is 1.17. The Morgan fingerprint density at radius 2 is 1.61 bits per heavy atom. The van der Waals surface area contributed by atoms with E-state index in [1.807, 2.05) is 51.2 Å². The van der Waals surface area contributed by atoms with Crippen molar-refractivity contribution in [3.8, 4) is 0 Å². The number of piperidine rings is 1. The number of Topliss-reactive ketones (excluding diaryl/α,β-unsaturated/α-hetero) is 3. The molecule has 0 spiro atoms. The average molecular weight is 944 g/mol. The summed E-state index contributed by atoms with van der Waals surface area (Å²) in [7, 11) is 2.93. The van der Waals surface area contributed by atoms with Gasteiger partial charge in [0.2, 0.25) is 5.79 Å². The van der Waals surface area contributed by atoms with Crippen molar-refractivity contribution in [2.24, 2.45) is 35.5 Å². The van der Waals surface area contributed by atoms with Gasteiger partial charge in [0.05, 0.1) is 37.6 Å².